The Morgan fingerprint density at radius 3 is 3.00 bits per heavy atom. The Bertz CT molecular complexity index is 934. The molecule has 2 aromatic heterocycles. The molecular weight excluding hydrogens is 282 g/mol. The number of ether oxygens (including phenoxy) is 2. The molecule has 4 rings (SSSR count). The molecule has 0 radical (unpaired) electrons. The van der Waals surface area contributed by atoms with Crippen LogP contribution in [0.3, 0.4) is 0 Å². The van der Waals surface area contributed by atoms with E-state index in [9.17, 15) is 4.79 Å². The minimum atomic E-state index is -0.117. The molecule has 3 heterocycles. The first-order chi connectivity index (χ1) is 10.8. The summed E-state index contributed by atoms with van der Waals surface area (Å²) in [6.45, 7) is 0.498. The number of nitrogens with zero attached hydrogens (tertiary/aromatic N) is 3. The topological polar surface area (TPSA) is 66.2 Å². The fraction of sp³-hybridized carbons (Fsp3) is 0.188. The smallest absolute Gasteiger partial charge is 0.263 e. The van der Waals surface area contributed by atoms with Gasteiger partial charge in [-0.2, -0.15) is 0 Å². The minimum Gasteiger partial charge on any atom is -0.497 e. The summed E-state index contributed by atoms with van der Waals surface area (Å²) in [6.07, 6.45) is 3.76. The summed E-state index contributed by atoms with van der Waals surface area (Å²) in [7, 11) is 1.59. The maximum absolute atomic E-state index is 12.8. The third-order valence-corrected chi connectivity index (χ3v) is 3.75. The average molecular weight is 295 g/mol. The van der Waals surface area contributed by atoms with E-state index in [1.54, 1.807) is 30.1 Å². The second-order valence-corrected chi connectivity index (χ2v) is 4.98. The van der Waals surface area contributed by atoms with Gasteiger partial charge in [0.1, 0.15) is 11.3 Å². The van der Waals surface area contributed by atoms with Crippen LogP contribution in [0.15, 0.2) is 41.5 Å². The van der Waals surface area contributed by atoms with E-state index in [1.165, 1.54) is 0 Å². The maximum Gasteiger partial charge on any atom is 0.263 e. The SMILES string of the molecule is COc1cccc(-n2c(=O)c3c(c4nccnc42)OCC3)c1. The Hall–Kier alpha value is -2.89. The van der Waals surface area contributed by atoms with Crippen molar-refractivity contribution in [3.63, 3.8) is 0 Å². The lowest BCUT2D eigenvalue weighted by molar-refractivity contribution is 0.359. The van der Waals surface area contributed by atoms with E-state index in [0.717, 1.165) is 0 Å². The molecular formula is C16H13N3O3. The van der Waals surface area contributed by atoms with Crippen molar-refractivity contribution in [1.29, 1.82) is 0 Å². The Balaban J connectivity index is 2.11. The van der Waals surface area contributed by atoms with Crippen LogP contribution in [0.4, 0.5) is 0 Å². The first-order valence-electron chi connectivity index (χ1n) is 6.95. The lowest BCUT2D eigenvalue weighted by Crippen LogP contribution is -2.22. The van der Waals surface area contributed by atoms with E-state index in [4.69, 9.17) is 9.47 Å². The van der Waals surface area contributed by atoms with Crippen LogP contribution in [-0.2, 0) is 6.42 Å². The highest BCUT2D eigenvalue weighted by atomic mass is 16.5. The van der Waals surface area contributed by atoms with Gasteiger partial charge in [-0.25, -0.2) is 9.97 Å². The van der Waals surface area contributed by atoms with Crippen molar-refractivity contribution in [1.82, 2.24) is 14.5 Å². The average Bonchev–Trinajstić information content (AvgIpc) is 3.06. The molecule has 22 heavy (non-hydrogen) atoms. The van der Waals surface area contributed by atoms with Crippen LogP contribution in [-0.4, -0.2) is 28.3 Å². The van der Waals surface area contributed by atoms with E-state index >= 15 is 0 Å². The van der Waals surface area contributed by atoms with Crippen molar-refractivity contribution in [3.05, 3.63) is 52.6 Å². The Labute approximate surface area is 126 Å². The zero-order valence-electron chi connectivity index (χ0n) is 11.9. The second kappa shape index (κ2) is 4.84. The minimum absolute atomic E-state index is 0.117. The van der Waals surface area contributed by atoms with Crippen LogP contribution < -0.4 is 15.0 Å². The van der Waals surface area contributed by atoms with Gasteiger partial charge in [0.25, 0.3) is 5.56 Å². The Morgan fingerprint density at radius 2 is 2.14 bits per heavy atom. The number of aromatic nitrogens is 3. The van der Waals surface area contributed by atoms with Gasteiger partial charge in [-0.05, 0) is 12.1 Å². The van der Waals surface area contributed by atoms with Gasteiger partial charge in [-0.15, -0.1) is 0 Å². The van der Waals surface area contributed by atoms with Crippen LogP contribution in [0, 0.1) is 0 Å². The van der Waals surface area contributed by atoms with Crippen molar-refractivity contribution in [2.24, 2.45) is 0 Å². The monoisotopic (exact) mass is 295 g/mol. The fourth-order valence-corrected chi connectivity index (χ4v) is 2.75. The van der Waals surface area contributed by atoms with Crippen LogP contribution in [0.25, 0.3) is 16.9 Å². The van der Waals surface area contributed by atoms with Gasteiger partial charge in [0.05, 0.1) is 25.0 Å². The predicted molar refractivity (Wildman–Crippen MR) is 80.9 cm³/mol. The summed E-state index contributed by atoms with van der Waals surface area (Å²) in [5.74, 6) is 1.24. The Morgan fingerprint density at radius 1 is 1.27 bits per heavy atom. The molecule has 0 spiro atoms. The first kappa shape index (κ1) is 12.8. The quantitative estimate of drug-likeness (QED) is 0.720. The van der Waals surface area contributed by atoms with Crippen molar-refractivity contribution in [2.45, 2.75) is 6.42 Å². The van der Waals surface area contributed by atoms with Crippen molar-refractivity contribution in [3.8, 4) is 17.2 Å². The number of benzene rings is 1. The van der Waals surface area contributed by atoms with Gasteiger partial charge in [0.15, 0.2) is 11.4 Å². The highest BCUT2D eigenvalue weighted by Crippen LogP contribution is 2.30. The van der Waals surface area contributed by atoms with E-state index < -0.39 is 0 Å². The van der Waals surface area contributed by atoms with Gasteiger partial charge in [0, 0.05) is 24.9 Å². The van der Waals surface area contributed by atoms with Gasteiger partial charge in [-0.3, -0.25) is 9.36 Å². The molecule has 0 saturated carbocycles. The summed E-state index contributed by atoms with van der Waals surface area (Å²) < 4.78 is 12.4. The number of hydrogen-bond acceptors (Lipinski definition) is 5. The Kier molecular flexibility index (Phi) is 2.82. The van der Waals surface area contributed by atoms with E-state index in [1.807, 2.05) is 18.2 Å². The number of hydrogen-bond donors (Lipinski definition) is 0. The number of fused-ring (bicyclic) bond motifs is 3. The van der Waals surface area contributed by atoms with E-state index in [2.05, 4.69) is 9.97 Å². The molecule has 3 aromatic rings. The zero-order valence-corrected chi connectivity index (χ0v) is 11.9. The normalized spacial score (nSPS) is 13.0. The molecule has 0 amide bonds. The molecule has 1 aliphatic rings. The van der Waals surface area contributed by atoms with Crippen LogP contribution >= 0.6 is 0 Å². The van der Waals surface area contributed by atoms with E-state index in [0.29, 0.717) is 46.9 Å². The number of pyridine rings is 1. The third-order valence-electron chi connectivity index (χ3n) is 3.75. The van der Waals surface area contributed by atoms with Crippen LogP contribution in [0.1, 0.15) is 5.56 Å². The van der Waals surface area contributed by atoms with E-state index in [-0.39, 0.29) is 5.56 Å². The van der Waals surface area contributed by atoms with Crippen molar-refractivity contribution in [2.75, 3.05) is 13.7 Å². The molecule has 0 aliphatic carbocycles. The molecule has 0 N–H and O–H groups in total. The maximum atomic E-state index is 12.8. The lowest BCUT2D eigenvalue weighted by atomic mass is 10.2. The summed E-state index contributed by atoms with van der Waals surface area (Å²) >= 11 is 0. The van der Waals surface area contributed by atoms with Crippen LogP contribution in [0.5, 0.6) is 11.5 Å². The first-order valence-corrected chi connectivity index (χ1v) is 6.95. The molecule has 0 saturated heterocycles. The molecule has 1 aliphatic heterocycles. The van der Waals surface area contributed by atoms with Gasteiger partial charge in [-0.1, -0.05) is 6.07 Å². The molecule has 0 atom stereocenters. The molecule has 0 bridgehead atoms. The van der Waals surface area contributed by atoms with Crippen molar-refractivity contribution >= 4 is 11.2 Å². The van der Waals surface area contributed by atoms with Crippen LogP contribution in [0.2, 0.25) is 0 Å². The number of rotatable bonds is 2. The number of methoxy groups -OCH3 is 1. The molecule has 6 heteroatoms. The van der Waals surface area contributed by atoms with Gasteiger partial charge < -0.3 is 9.47 Å². The second-order valence-electron chi connectivity index (χ2n) is 4.98. The molecule has 110 valence electrons. The summed E-state index contributed by atoms with van der Waals surface area (Å²) in [5.41, 5.74) is 2.33. The zero-order chi connectivity index (χ0) is 15.1. The molecule has 0 unspecified atom stereocenters. The van der Waals surface area contributed by atoms with Crippen molar-refractivity contribution < 1.29 is 9.47 Å². The predicted octanol–water partition coefficient (Wildman–Crippen LogP) is 1.72. The third kappa shape index (κ3) is 1.77. The summed E-state index contributed by atoms with van der Waals surface area (Å²) in [5, 5.41) is 0. The highest BCUT2D eigenvalue weighted by molar-refractivity contribution is 5.81. The standard InChI is InChI=1S/C16H13N3O3/c1-21-11-4-2-3-10(9-11)19-15-13(17-6-7-18-15)14-12(16(19)20)5-8-22-14/h2-4,6-7,9H,5,8H2,1H3. The molecule has 0 fully saturated rings. The molecule has 1 aromatic carbocycles. The lowest BCUT2D eigenvalue weighted by Gasteiger charge is -2.12. The summed E-state index contributed by atoms with van der Waals surface area (Å²) in [4.78, 5) is 21.5. The van der Waals surface area contributed by atoms with Gasteiger partial charge in [0.2, 0.25) is 0 Å². The fourth-order valence-electron chi connectivity index (χ4n) is 2.75. The summed E-state index contributed by atoms with van der Waals surface area (Å²) in [6, 6.07) is 7.32. The highest BCUT2D eigenvalue weighted by Gasteiger charge is 2.24. The molecule has 6 nitrogen and oxygen atoms in total. The largest absolute Gasteiger partial charge is 0.497 e. The van der Waals surface area contributed by atoms with Gasteiger partial charge >= 0.3 is 0 Å².